The lowest BCUT2D eigenvalue weighted by atomic mass is 9.60. The van der Waals surface area contributed by atoms with Crippen LogP contribution in [0.5, 0.6) is 0 Å². The van der Waals surface area contributed by atoms with Crippen LogP contribution in [0.25, 0.3) is 0 Å². The molecule has 2 aliphatic rings. The minimum Gasteiger partial charge on any atom is -0.394 e. The van der Waals surface area contributed by atoms with Gasteiger partial charge in [0.1, 0.15) is 24.4 Å². The highest BCUT2D eigenvalue weighted by molar-refractivity contribution is 5.15. The fourth-order valence-corrected chi connectivity index (χ4v) is 4.19. The largest absolute Gasteiger partial charge is 0.394 e. The Kier molecular flexibility index (Phi) is 7.63. The number of hydrogen-bond acceptors (Lipinski definition) is 9. The van der Waals surface area contributed by atoms with Crippen LogP contribution in [0.4, 0.5) is 0 Å². The molecule has 1 aliphatic carbocycles. The van der Waals surface area contributed by atoms with Gasteiger partial charge in [-0.3, -0.25) is 0 Å². The van der Waals surface area contributed by atoms with Crippen molar-refractivity contribution in [1.82, 2.24) is 0 Å². The summed E-state index contributed by atoms with van der Waals surface area (Å²) in [6, 6.07) is 0. The average molecular weight is 406 g/mol. The Morgan fingerprint density at radius 3 is 2.36 bits per heavy atom. The lowest BCUT2D eigenvalue weighted by Crippen LogP contribution is -2.59. The van der Waals surface area contributed by atoms with Crippen LogP contribution in [-0.4, -0.2) is 97.5 Å². The minimum absolute atomic E-state index is 0.221. The Hall–Kier alpha value is -0.620. The molecule has 9 heteroatoms. The molecular weight excluding hydrogens is 372 g/mol. The molecule has 2 rings (SSSR count). The summed E-state index contributed by atoms with van der Waals surface area (Å²) < 4.78 is 10.5. The highest BCUT2D eigenvalue weighted by Gasteiger charge is 2.50. The molecule has 0 radical (unpaired) electrons. The molecule has 2 fully saturated rings. The normalized spacial score (nSPS) is 45.3. The summed E-state index contributed by atoms with van der Waals surface area (Å²) >= 11 is 0. The number of rotatable bonds is 6. The molecule has 1 saturated heterocycles. The van der Waals surface area contributed by atoms with Crippen molar-refractivity contribution in [2.75, 3.05) is 13.2 Å². The molecule has 0 amide bonds. The predicted octanol–water partition coefficient (Wildman–Crippen LogP) is -1.73. The highest BCUT2D eigenvalue weighted by Crippen LogP contribution is 2.48. The first-order valence-electron chi connectivity index (χ1n) is 9.63. The summed E-state index contributed by atoms with van der Waals surface area (Å²) in [4.78, 5) is 0. The van der Waals surface area contributed by atoms with E-state index < -0.39 is 60.5 Å². The number of hydrogen-bond donors (Lipinski definition) is 7. The van der Waals surface area contributed by atoms with Gasteiger partial charge in [0, 0.05) is 0 Å². The zero-order valence-electron chi connectivity index (χ0n) is 16.5. The predicted molar refractivity (Wildman–Crippen MR) is 98.0 cm³/mol. The summed E-state index contributed by atoms with van der Waals surface area (Å²) in [6.45, 7) is 4.68. The SMILES string of the molecule is C[C@H]1C[C@@H](O)CC(C)(C)[C@]1(O)/C=C/C(O)CO[C@@H]1O[C@H](CO)[C@@H](O)[C@H](O)[C@H]1O. The van der Waals surface area contributed by atoms with E-state index in [1.165, 1.54) is 12.2 Å². The van der Waals surface area contributed by atoms with Crippen LogP contribution in [0.1, 0.15) is 33.6 Å². The Balaban J connectivity index is 1.97. The molecule has 9 nitrogen and oxygen atoms in total. The van der Waals surface area contributed by atoms with Gasteiger partial charge in [0.25, 0.3) is 0 Å². The van der Waals surface area contributed by atoms with E-state index in [9.17, 15) is 35.7 Å². The highest BCUT2D eigenvalue weighted by atomic mass is 16.7. The molecule has 0 aromatic rings. The van der Waals surface area contributed by atoms with Crippen molar-refractivity contribution in [1.29, 1.82) is 0 Å². The molecule has 1 aliphatic heterocycles. The Morgan fingerprint density at radius 1 is 1.14 bits per heavy atom. The molecule has 9 atom stereocenters. The fourth-order valence-electron chi connectivity index (χ4n) is 4.19. The van der Waals surface area contributed by atoms with E-state index in [1.807, 2.05) is 20.8 Å². The topological polar surface area (TPSA) is 160 Å². The first-order valence-corrected chi connectivity index (χ1v) is 9.63. The Labute approximate surface area is 164 Å². The maximum Gasteiger partial charge on any atom is 0.186 e. The summed E-state index contributed by atoms with van der Waals surface area (Å²) in [6.07, 6.45) is -4.85. The molecule has 1 saturated carbocycles. The van der Waals surface area contributed by atoms with Crippen molar-refractivity contribution >= 4 is 0 Å². The Bertz CT molecular complexity index is 537. The van der Waals surface area contributed by atoms with E-state index in [0.717, 1.165) is 0 Å². The first-order chi connectivity index (χ1) is 12.9. The standard InChI is InChI=1S/C19H34O9/c1-10-6-12(22)7-18(2,3)19(10,26)5-4-11(21)9-27-17-16(25)15(24)14(23)13(8-20)28-17/h4-5,10-17,20-26H,6-9H2,1-3H3/b5-4+/t10-,11?,12+,13+,14+,15-,16+,17+,19-/m0/s1. The molecule has 7 N–H and O–H groups in total. The summed E-state index contributed by atoms with van der Waals surface area (Å²) in [5, 5.41) is 69.9. The number of aliphatic hydroxyl groups is 7. The third kappa shape index (κ3) is 4.75. The zero-order chi connectivity index (χ0) is 21.3. The third-order valence-corrected chi connectivity index (χ3v) is 6.06. The van der Waals surface area contributed by atoms with Gasteiger partial charge in [-0.15, -0.1) is 0 Å². The van der Waals surface area contributed by atoms with Crippen LogP contribution >= 0.6 is 0 Å². The van der Waals surface area contributed by atoms with Crippen LogP contribution < -0.4 is 0 Å². The number of ether oxygens (including phenoxy) is 2. The van der Waals surface area contributed by atoms with Crippen molar-refractivity contribution in [2.45, 2.75) is 82.1 Å². The van der Waals surface area contributed by atoms with E-state index in [4.69, 9.17) is 9.47 Å². The summed E-state index contributed by atoms with van der Waals surface area (Å²) in [5.41, 5.74) is -1.82. The van der Waals surface area contributed by atoms with Crippen LogP contribution in [0.3, 0.4) is 0 Å². The van der Waals surface area contributed by atoms with E-state index in [2.05, 4.69) is 0 Å². The van der Waals surface area contributed by atoms with Crippen molar-refractivity contribution in [3.8, 4) is 0 Å². The van der Waals surface area contributed by atoms with E-state index >= 15 is 0 Å². The first kappa shape index (κ1) is 23.7. The van der Waals surface area contributed by atoms with Crippen LogP contribution in [-0.2, 0) is 9.47 Å². The van der Waals surface area contributed by atoms with Crippen LogP contribution in [0.15, 0.2) is 12.2 Å². The molecule has 0 aromatic carbocycles. The van der Waals surface area contributed by atoms with Crippen molar-refractivity contribution in [2.24, 2.45) is 11.3 Å². The van der Waals surface area contributed by atoms with Gasteiger partial charge < -0.3 is 45.2 Å². The summed E-state index contributed by atoms with van der Waals surface area (Å²) in [7, 11) is 0. The minimum atomic E-state index is -1.56. The van der Waals surface area contributed by atoms with Gasteiger partial charge in [-0.1, -0.05) is 32.9 Å². The molecule has 28 heavy (non-hydrogen) atoms. The van der Waals surface area contributed by atoms with Gasteiger partial charge in [0.15, 0.2) is 6.29 Å². The fraction of sp³-hybridized carbons (Fsp3) is 0.895. The van der Waals surface area contributed by atoms with E-state index in [1.54, 1.807) is 0 Å². The molecule has 0 spiro atoms. The molecular formula is C19H34O9. The molecule has 1 heterocycles. The maximum atomic E-state index is 11.1. The second-order valence-electron chi connectivity index (χ2n) is 8.66. The van der Waals surface area contributed by atoms with Gasteiger partial charge in [-0.2, -0.15) is 0 Å². The third-order valence-electron chi connectivity index (χ3n) is 6.06. The van der Waals surface area contributed by atoms with E-state index in [-0.39, 0.29) is 12.5 Å². The molecule has 0 aromatic heterocycles. The average Bonchev–Trinajstić information content (AvgIpc) is 2.61. The monoisotopic (exact) mass is 406 g/mol. The lowest BCUT2D eigenvalue weighted by Gasteiger charge is -2.50. The van der Waals surface area contributed by atoms with Crippen molar-refractivity contribution in [3.05, 3.63) is 12.2 Å². The molecule has 164 valence electrons. The van der Waals surface area contributed by atoms with Gasteiger partial charge in [-0.05, 0) is 24.2 Å². The summed E-state index contributed by atoms with van der Waals surface area (Å²) in [5.74, 6) is -0.221. The van der Waals surface area contributed by atoms with Crippen LogP contribution in [0.2, 0.25) is 0 Å². The van der Waals surface area contributed by atoms with Crippen molar-refractivity contribution in [3.63, 3.8) is 0 Å². The van der Waals surface area contributed by atoms with Crippen LogP contribution in [0, 0.1) is 11.3 Å². The van der Waals surface area contributed by atoms with Gasteiger partial charge in [0.2, 0.25) is 0 Å². The quantitative estimate of drug-likeness (QED) is 0.254. The van der Waals surface area contributed by atoms with E-state index in [0.29, 0.717) is 12.8 Å². The molecule has 0 bridgehead atoms. The second kappa shape index (κ2) is 9.03. The van der Waals surface area contributed by atoms with Gasteiger partial charge in [0.05, 0.1) is 31.0 Å². The second-order valence-corrected chi connectivity index (χ2v) is 8.66. The molecule has 1 unspecified atom stereocenters. The number of aliphatic hydroxyl groups excluding tert-OH is 6. The van der Waals surface area contributed by atoms with Gasteiger partial charge >= 0.3 is 0 Å². The maximum absolute atomic E-state index is 11.1. The zero-order valence-corrected chi connectivity index (χ0v) is 16.5. The van der Waals surface area contributed by atoms with Crippen molar-refractivity contribution < 1.29 is 45.2 Å². The van der Waals surface area contributed by atoms with Gasteiger partial charge in [-0.25, -0.2) is 0 Å². The Morgan fingerprint density at radius 2 is 1.79 bits per heavy atom. The lowest BCUT2D eigenvalue weighted by molar-refractivity contribution is -0.303. The smallest absolute Gasteiger partial charge is 0.186 e.